The number of halogens is 1. The van der Waals surface area contributed by atoms with E-state index in [1.165, 1.54) is 0 Å². The summed E-state index contributed by atoms with van der Waals surface area (Å²) in [6.45, 7) is 0.597. The number of nitrogens with zero attached hydrogens (tertiary/aromatic N) is 4. The van der Waals surface area contributed by atoms with Crippen molar-refractivity contribution in [3.05, 3.63) is 64.4 Å². The predicted molar refractivity (Wildman–Crippen MR) is 120 cm³/mol. The molecule has 0 spiro atoms. The third-order valence-electron chi connectivity index (χ3n) is 4.63. The Bertz CT molecular complexity index is 1210. The average molecular weight is 473 g/mol. The maximum Gasteiger partial charge on any atom is 0.231 e. The van der Waals surface area contributed by atoms with E-state index in [0.29, 0.717) is 17.4 Å². The van der Waals surface area contributed by atoms with Crippen molar-refractivity contribution in [2.24, 2.45) is 7.05 Å². The quantitative estimate of drug-likeness (QED) is 0.342. The lowest BCUT2D eigenvalue weighted by Gasteiger charge is -2.06. The fraction of sp³-hybridized carbons (Fsp3) is 0.190. The molecule has 5 rings (SSSR count). The normalized spacial score (nSPS) is 12.3. The van der Waals surface area contributed by atoms with Crippen molar-refractivity contribution in [3.63, 3.8) is 0 Å². The van der Waals surface area contributed by atoms with Crippen LogP contribution in [0.4, 0.5) is 0 Å². The summed E-state index contributed by atoms with van der Waals surface area (Å²) in [5.41, 5.74) is 2.01. The van der Waals surface area contributed by atoms with Gasteiger partial charge in [0.25, 0.3) is 0 Å². The minimum atomic E-state index is 0.267. The van der Waals surface area contributed by atoms with Crippen molar-refractivity contribution in [3.8, 4) is 27.8 Å². The second-order valence-corrected chi connectivity index (χ2v) is 8.94. The van der Waals surface area contributed by atoms with Gasteiger partial charge in [0, 0.05) is 28.8 Å². The van der Waals surface area contributed by atoms with Crippen molar-refractivity contribution in [2.75, 3.05) is 6.79 Å². The van der Waals surface area contributed by atoms with Gasteiger partial charge in [0.2, 0.25) is 6.79 Å². The number of hydrogen-bond acceptors (Lipinski definition) is 8. The van der Waals surface area contributed by atoms with E-state index in [1.54, 1.807) is 35.2 Å². The number of thioether (sulfide) groups is 1. The van der Waals surface area contributed by atoms with E-state index in [0.717, 1.165) is 44.5 Å². The number of ether oxygens (including phenoxy) is 3. The zero-order chi connectivity index (χ0) is 21.2. The number of aromatic nitrogens is 4. The first kappa shape index (κ1) is 20.2. The molecule has 2 aromatic heterocycles. The monoisotopic (exact) mass is 472 g/mol. The van der Waals surface area contributed by atoms with Crippen LogP contribution in [0.25, 0.3) is 10.6 Å². The van der Waals surface area contributed by atoms with Gasteiger partial charge in [-0.05, 0) is 42.5 Å². The van der Waals surface area contributed by atoms with Gasteiger partial charge in [0.05, 0.1) is 5.69 Å². The van der Waals surface area contributed by atoms with Crippen molar-refractivity contribution in [1.29, 1.82) is 0 Å². The molecule has 10 heteroatoms. The molecule has 3 heterocycles. The van der Waals surface area contributed by atoms with Gasteiger partial charge < -0.3 is 18.8 Å². The molecule has 0 unspecified atom stereocenters. The van der Waals surface area contributed by atoms with E-state index in [2.05, 4.69) is 15.6 Å². The smallest absolute Gasteiger partial charge is 0.231 e. The summed E-state index contributed by atoms with van der Waals surface area (Å²) in [5, 5.41) is 13.0. The summed E-state index contributed by atoms with van der Waals surface area (Å²) in [6.07, 6.45) is 0. The Hall–Kier alpha value is -2.75. The first-order valence-corrected chi connectivity index (χ1v) is 11.6. The molecule has 2 aromatic carbocycles. The van der Waals surface area contributed by atoms with E-state index in [4.69, 9.17) is 30.8 Å². The molecule has 0 amide bonds. The number of thiazole rings is 1. The second kappa shape index (κ2) is 8.78. The molecule has 1 aliphatic heterocycles. The minimum absolute atomic E-state index is 0.267. The number of fused-ring (bicyclic) bond motifs is 1. The van der Waals surface area contributed by atoms with Gasteiger partial charge in [-0.25, -0.2) is 4.98 Å². The van der Waals surface area contributed by atoms with Gasteiger partial charge in [-0.1, -0.05) is 23.4 Å². The van der Waals surface area contributed by atoms with E-state index >= 15 is 0 Å². The van der Waals surface area contributed by atoms with Crippen LogP contribution in [0.1, 0.15) is 11.5 Å². The lowest BCUT2D eigenvalue weighted by molar-refractivity contribution is 0.174. The van der Waals surface area contributed by atoms with Crippen molar-refractivity contribution >= 4 is 34.7 Å². The van der Waals surface area contributed by atoms with E-state index in [9.17, 15) is 0 Å². The van der Waals surface area contributed by atoms with Crippen LogP contribution >= 0.6 is 34.7 Å². The van der Waals surface area contributed by atoms with Crippen LogP contribution in [0.15, 0.2) is 53.0 Å². The molecule has 0 bridgehead atoms. The maximum absolute atomic E-state index is 5.90. The fourth-order valence-corrected chi connectivity index (χ4v) is 4.82. The molecule has 4 aromatic rings. The SMILES string of the molecule is Cn1c(COc2ccc(Cl)cc2)nnc1SCc1csc(-c2ccc3c(c2)OCO3)n1. The Morgan fingerprint density at radius 2 is 1.97 bits per heavy atom. The topological polar surface area (TPSA) is 71.3 Å². The summed E-state index contributed by atoms with van der Waals surface area (Å²) in [6, 6.07) is 13.1. The largest absolute Gasteiger partial charge is 0.486 e. The molecule has 0 atom stereocenters. The zero-order valence-electron chi connectivity index (χ0n) is 16.4. The highest BCUT2D eigenvalue weighted by Crippen LogP contribution is 2.37. The van der Waals surface area contributed by atoms with Crippen molar-refractivity contribution in [2.45, 2.75) is 17.5 Å². The first-order valence-electron chi connectivity index (χ1n) is 9.39. The molecule has 0 fully saturated rings. The minimum Gasteiger partial charge on any atom is -0.486 e. The van der Waals surface area contributed by atoms with Gasteiger partial charge in [0.1, 0.15) is 17.4 Å². The molecule has 0 aliphatic carbocycles. The van der Waals surface area contributed by atoms with Crippen LogP contribution in [-0.2, 0) is 19.4 Å². The molecular formula is C21H17ClN4O3S2. The van der Waals surface area contributed by atoms with Crippen LogP contribution in [0, 0.1) is 0 Å². The Morgan fingerprint density at radius 3 is 2.84 bits per heavy atom. The summed E-state index contributed by atoms with van der Waals surface area (Å²) in [4.78, 5) is 4.75. The maximum atomic E-state index is 5.90. The highest BCUT2D eigenvalue weighted by atomic mass is 35.5. The van der Waals surface area contributed by atoms with Gasteiger partial charge in [-0.3, -0.25) is 0 Å². The van der Waals surface area contributed by atoms with E-state index in [-0.39, 0.29) is 6.79 Å². The standard InChI is InChI=1S/C21H17ClN4O3S2/c1-26-19(9-27-16-5-3-14(22)4-6-16)24-25-21(26)31-11-15-10-30-20(23-15)13-2-7-17-18(8-13)29-12-28-17/h2-8,10H,9,11-12H2,1H3. The zero-order valence-corrected chi connectivity index (χ0v) is 18.8. The summed E-state index contributed by atoms with van der Waals surface area (Å²) in [7, 11) is 1.93. The average Bonchev–Trinajstić information content (AvgIpc) is 3.52. The highest BCUT2D eigenvalue weighted by molar-refractivity contribution is 7.98. The van der Waals surface area contributed by atoms with Gasteiger partial charge in [-0.2, -0.15) is 0 Å². The third-order valence-corrected chi connectivity index (χ3v) is 6.87. The third kappa shape index (κ3) is 4.48. The number of hydrogen-bond donors (Lipinski definition) is 0. The molecule has 0 radical (unpaired) electrons. The molecular weight excluding hydrogens is 456 g/mol. The Kier molecular flexibility index (Phi) is 5.71. The molecule has 0 saturated heterocycles. The molecule has 0 saturated carbocycles. The summed E-state index contributed by atoms with van der Waals surface area (Å²) >= 11 is 9.10. The number of rotatable bonds is 7. The number of benzene rings is 2. The van der Waals surface area contributed by atoms with Crippen LogP contribution in [0.5, 0.6) is 17.2 Å². The van der Waals surface area contributed by atoms with Crippen LogP contribution in [-0.4, -0.2) is 26.5 Å². The molecule has 1 aliphatic rings. The Labute approximate surface area is 192 Å². The summed E-state index contributed by atoms with van der Waals surface area (Å²) < 4.78 is 18.5. The molecule has 0 N–H and O–H groups in total. The van der Waals surface area contributed by atoms with Crippen LogP contribution < -0.4 is 14.2 Å². The van der Waals surface area contributed by atoms with Gasteiger partial charge in [0.15, 0.2) is 22.5 Å². The lowest BCUT2D eigenvalue weighted by atomic mass is 10.2. The predicted octanol–water partition coefficient (Wildman–Crippen LogP) is 5.19. The van der Waals surface area contributed by atoms with Crippen molar-refractivity contribution in [1.82, 2.24) is 19.7 Å². The van der Waals surface area contributed by atoms with Crippen molar-refractivity contribution < 1.29 is 14.2 Å². The molecule has 7 nitrogen and oxygen atoms in total. The first-order chi connectivity index (χ1) is 15.2. The van der Waals surface area contributed by atoms with E-state index in [1.807, 2.05) is 41.9 Å². The lowest BCUT2D eigenvalue weighted by Crippen LogP contribution is -2.04. The Balaban J connectivity index is 1.20. The van der Waals surface area contributed by atoms with Gasteiger partial charge in [-0.15, -0.1) is 21.5 Å². The van der Waals surface area contributed by atoms with Gasteiger partial charge >= 0.3 is 0 Å². The Morgan fingerprint density at radius 1 is 1.13 bits per heavy atom. The van der Waals surface area contributed by atoms with E-state index < -0.39 is 0 Å². The molecule has 158 valence electrons. The van der Waals surface area contributed by atoms with Crippen LogP contribution in [0.3, 0.4) is 0 Å². The van der Waals surface area contributed by atoms with Crippen LogP contribution in [0.2, 0.25) is 5.02 Å². The second-order valence-electron chi connectivity index (χ2n) is 6.70. The molecule has 31 heavy (non-hydrogen) atoms. The fourth-order valence-electron chi connectivity index (χ4n) is 2.95. The highest BCUT2D eigenvalue weighted by Gasteiger charge is 2.16. The summed E-state index contributed by atoms with van der Waals surface area (Å²) in [5.74, 6) is 3.72.